The van der Waals surface area contributed by atoms with Crippen molar-refractivity contribution in [2.75, 3.05) is 17.2 Å². The average Bonchev–Trinajstić information content (AvgIpc) is 3.77. The first-order chi connectivity index (χ1) is 18.3. The molecule has 0 radical (unpaired) electrons. The lowest BCUT2D eigenvalue weighted by atomic mass is 9.97. The van der Waals surface area contributed by atoms with Crippen molar-refractivity contribution in [1.29, 1.82) is 0 Å². The van der Waals surface area contributed by atoms with Crippen molar-refractivity contribution in [3.8, 4) is 11.3 Å². The van der Waals surface area contributed by atoms with E-state index in [0.29, 0.717) is 23.3 Å². The lowest BCUT2D eigenvalue weighted by molar-refractivity contribution is -0.151. The zero-order valence-corrected chi connectivity index (χ0v) is 21.5. The van der Waals surface area contributed by atoms with Crippen LogP contribution in [0.4, 0.5) is 29.3 Å². The number of benzene rings is 1. The Morgan fingerprint density at radius 1 is 1.08 bits per heavy atom. The standard InChI is InChI=1S/C26H24F4N6O2S/c1-24-9-8-15(21(17(24)12-24)39(31,37)38)13-32-23-34-19-7-6-18(14-2-4-16(27)5-3-14)33-20(19)22(35-23)36-25(10-11-25)26(28,29)30/h2-9,17H,10-13H2,1H3,(H2,31,37,38)(H2,32,34,35,36). The van der Waals surface area contributed by atoms with Gasteiger partial charge in [0.05, 0.1) is 16.1 Å². The monoisotopic (exact) mass is 560 g/mol. The van der Waals surface area contributed by atoms with Crippen LogP contribution in [0.5, 0.6) is 0 Å². The van der Waals surface area contributed by atoms with Gasteiger partial charge in [-0.2, -0.15) is 18.2 Å². The van der Waals surface area contributed by atoms with Crippen LogP contribution in [0.2, 0.25) is 0 Å². The number of primary sulfonamides is 1. The number of nitrogens with one attached hydrogen (secondary N) is 2. The van der Waals surface area contributed by atoms with E-state index >= 15 is 0 Å². The van der Waals surface area contributed by atoms with Gasteiger partial charge in [0.15, 0.2) is 5.82 Å². The number of pyridine rings is 1. The fourth-order valence-electron chi connectivity index (χ4n) is 5.05. The van der Waals surface area contributed by atoms with Gasteiger partial charge in [-0.1, -0.05) is 19.1 Å². The molecule has 2 unspecified atom stereocenters. The molecule has 1 aromatic carbocycles. The molecule has 4 N–H and O–H groups in total. The molecule has 2 heterocycles. The molecule has 39 heavy (non-hydrogen) atoms. The molecule has 0 amide bonds. The second-order valence-corrected chi connectivity index (χ2v) is 12.1. The summed E-state index contributed by atoms with van der Waals surface area (Å²) in [5.74, 6) is -0.754. The maximum atomic E-state index is 13.8. The van der Waals surface area contributed by atoms with Gasteiger partial charge in [0.25, 0.3) is 0 Å². The normalized spacial score (nSPS) is 23.5. The number of alkyl halides is 3. The number of hydrogen-bond acceptors (Lipinski definition) is 7. The Labute approximate surface area is 221 Å². The second kappa shape index (κ2) is 8.46. The highest BCUT2D eigenvalue weighted by molar-refractivity contribution is 7.93. The molecular weight excluding hydrogens is 536 g/mol. The topological polar surface area (TPSA) is 123 Å². The average molecular weight is 561 g/mol. The van der Waals surface area contributed by atoms with Gasteiger partial charge in [-0.05, 0) is 66.6 Å². The van der Waals surface area contributed by atoms with Crippen LogP contribution in [0.1, 0.15) is 26.2 Å². The number of allylic oxidation sites excluding steroid dienone is 2. The molecule has 0 saturated heterocycles. The van der Waals surface area contributed by atoms with Gasteiger partial charge in [0, 0.05) is 18.0 Å². The minimum absolute atomic E-state index is 0.00175. The van der Waals surface area contributed by atoms with Crippen LogP contribution < -0.4 is 15.8 Å². The largest absolute Gasteiger partial charge is 0.411 e. The summed E-state index contributed by atoms with van der Waals surface area (Å²) in [6.45, 7) is 1.96. The van der Waals surface area contributed by atoms with Crippen LogP contribution in [0.25, 0.3) is 22.3 Å². The van der Waals surface area contributed by atoms with Gasteiger partial charge in [0.1, 0.15) is 16.9 Å². The third-order valence-corrected chi connectivity index (χ3v) is 8.81. The number of nitrogens with two attached hydrogens (primary N) is 1. The van der Waals surface area contributed by atoms with E-state index in [1.54, 1.807) is 18.2 Å². The summed E-state index contributed by atoms with van der Waals surface area (Å²) in [4.78, 5) is 13.4. The Balaban J connectivity index is 1.38. The number of rotatable bonds is 7. The predicted octanol–water partition coefficient (Wildman–Crippen LogP) is 4.89. The van der Waals surface area contributed by atoms with E-state index in [9.17, 15) is 26.0 Å². The summed E-state index contributed by atoms with van der Waals surface area (Å²) >= 11 is 0. The fraction of sp³-hybridized carbons (Fsp3) is 0.346. The molecule has 0 spiro atoms. The maximum Gasteiger partial charge on any atom is 0.411 e. The number of halogens is 4. The van der Waals surface area contributed by atoms with Crippen LogP contribution in [0, 0.1) is 17.2 Å². The summed E-state index contributed by atoms with van der Waals surface area (Å²) in [5, 5.41) is 11.0. The molecule has 0 aliphatic heterocycles. The minimum atomic E-state index is -4.51. The van der Waals surface area contributed by atoms with E-state index < -0.39 is 27.6 Å². The Bertz CT molecular complexity index is 1670. The SMILES string of the molecule is CC12C=CC(CNc3nc(NC4(C(F)(F)F)CC4)c4nc(-c5ccc(F)cc5)ccc4n3)=C(S(N)(=O)=O)C1C2. The summed E-state index contributed by atoms with van der Waals surface area (Å²) in [6, 6.07) is 8.79. The summed E-state index contributed by atoms with van der Waals surface area (Å²) < 4.78 is 79.5. The Morgan fingerprint density at radius 3 is 2.44 bits per heavy atom. The number of hydrogen-bond donors (Lipinski definition) is 3. The lowest BCUT2D eigenvalue weighted by Crippen LogP contribution is -2.39. The van der Waals surface area contributed by atoms with E-state index in [1.807, 2.05) is 13.0 Å². The Hall–Kier alpha value is -3.58. The van der Waals surface area contributed by atoms with E-state index in [-0.39, 0.29) is 58.4 Å². The zero-order valence-electron chi connectivity index (χ0n) is 20.7. The van der Waals surface area contributed by atoms with Crippen LogP contribution in [0.15, 0.2) is 59.0 Å². The van der Waals surface area contributed by atoms with Crippen LogP contribution >= 0.6 is 0 Å². The number of nitrogens with zero attached hydrogens (tertiary/aromatic N) is 3. The molecule has 3 aromatic rings. The quantitative estimate of drug-likeness (QED) is 0.352. The first-order valence-corrected chi connectivity index (χ1v) is 13.8. The van der Waals surface area contributed by atoms with Gasteiger partial charge >= 0.3 is 6.18 Å². The first-order valence-electron chi connectivity index (χ1n) is 12.3. The molecule has 6 rings (SSSR count). The third-order valence-electron chi connectivity index (χ3n) is 7.65. The molecule has 8 nitrogen and oxygen atoms in total. The lowest BCUT2D eigenvalue weighted by Gasteiger charge is -2.22. The van der Waals surface area contributed by atoms with Gasteiger partial charge in [-0.3, -0.25) is 0 Å². The third kappa shape index (κ3) is 4.63. The van der Waals surface area contributed by atoms with Gasteiger partial charge in [0.2, 0.25) is 16.0 Å². The summed E-state index contributed by atoms with van der Waals surface area (Å²) in [6.07, 6.45) is -0.420. The molecule has 3 aliphatic rings. The highest BCUT2D eigenvalue weighted by Gasteiger charge is 2.64. The van der Waals surface area contributed by atoms with Crippen molar-refractivity contribution in [3.05, 3.63) is 64.8 Å². The van der Waals surface area contributed by atoms with Crippen molar-refractivity contribution < 1.29 is 26.0 Å². The highest BCUT2D eigenvalue weighted by atomic mass is 32.2. The van der Waals surface area contributed by atoms with E-state index in [1.165, 1.54) is 24.3 Å². The highest BCUT2D eigenvalue weighted by Crippen LogP contribution is 2.60. The van der Waals surface area contributed by atoms with Crippen LogP contribution in [-0.2, 0) is 10.0 Å². The predicted molar refractivity (Wildman–Crippen MR) is 138 cm³/mol. The smallest absolute Gasteiger partial charge is 0.354 e. The van der Waals surface area contributed by atoms with Crippen molar-refractivity contribution >= 4 is 32.8 Å². The molecule has 204 valence electrons. The van der Waals surface area contributed by atoms with Gasteiger partial charge in [-0.15, -0.1) is 0 Å². The summed E-state index contributed by atoms with van der Waals surface area (Å²) in [7, 11) is -3.96. The van der Waals surface area contributed by atoms with Gasteiger partial charge in [-0.25, -0.2) is 27.9 Å². The van der Waals surface area contributed by atoms with Crippen molar-refractivity contribution in [1.82, 2.24) is 15.0 Å². The second-order valence-electron chi connectivity index (χ2n) is 10.6. The summed E-state index contributed by atoms with van der Waals surface area (Å²) in [5.41, 5.74) is -0.537. The van der Waals surface area contributed by atoms with E-state index in [4.69, 9.17) is 5.14 Å². The van der Waals surface area contributed by atoms with Crippen molar-refractivity contribution in [3.63, 3.8) is 0 Å². The molecule has 2 aromatic heterocycles. The number of sulfonamides is 1. The zero-order chi connectivity index (χ0) is 27.8. The van der Waals surface area contributed by atoms with Crippen LogP contribution in [0.3, 0.4) is 0 Å². The van der Waals surface area contributed by atoms with Gasteiger partial charge < -0.3 is 10.6 Å². The fourth-order valence-corrected chi connectivity index (χ4v) is 6.30. The van der Waals surface area contributed by atoms with Crippen molar-refractivity contribution in [2.45, 2.75) is 37.9 Å². The Morgan fingerprint density at radius 2 is 1.79 bits per heavy atom. The number of aromatic nitrogens is 3. The van der Waals surface area contributed by atoms with Crippen molar-refractivity contribution in [2.24, 2.45) is 16.5 Å². The van der Waals surface area contributed by atoms with Crippen LogP contribution in [-0.4, -0.2) is 41.6 Å². The molecule has 3 aliphatic carbocycles. The molecule has 2 atom stereocenters. The molecule has 2 fully saturated rings. The van der Waals surface area contributed by atoms with E-state index in [2.05, 4.69) is 25.6 Å². The number of anilines is 2. The van der Waals surface area contributed by atoms with E-state index in [0.717, 1.165) is 0 Å². The molecule has 0 bridgehead atoms. The minimum Gasteiger partial charge on any atom is -0.354 e. The Kier molecular flexibility index (Phi) is 5.57. The first kappa shape index (κ1) is 25.7. The number of fused-ring (bicyclic) bond motifs is 2. The maximum absolute atomic E-state index is 13.8. The molecule has 2 saturated carbocycles. The molecule has 13 heteroatoms. The molecular formula is C26H24F4N6O2S.